The second-order valence-electron chi connectivity index (χ2n) is 3.84. The molecule has 92 valence electrons. The molecule has 0 aromatic rings. The van der Waals surface area contributed by atoms with Crippen molar-refractivity contribution >= 4 is 5.97 Å². The number of morpholine rings is 1. The zero-order valence-corrected chi connectivity index (χ0v) is 9.94. The van der Waals surface area contributed by atoms with Gasteiger partial charge in [-0.15, -0.1) is 0 Å². The Morgan fingerprint density at radius 3 is 2.88 bits per heavy atom. The molecule has 16 heavy (non-hydrogen) atoms. The molecule has 0 amide bonds. The van der Waals surface area contributed by atoms with Gasteiger partial charge in [-0.1, -0.05) is 0 Å². The molecule has 1 rings (SSSR count). The number of esters is 1. The molecule has 0 saturated carbocycles. The van der Waals surface area contributed by atoms with E-state index in [4.69, 9.17) is 4.74 Å². The van der Waals surface area contributed by atoms with Crippen LogP contribution in [-0.2, 0) is 14.3 Å². The van der Waals surface area contributed by atoms with Gasteiger partial charge in [0, 0.05) is 38.0 Å². The average molecular weight is 228 g/mol. The van der Waals surface area contributed by atoms with Crippen molar-refractivity contribution in [2.75, 3.05) is 40.0 Å². The van der Waals surface area contributed by atoms with Gasteiger partial charge in [-0.05, 0) is 6.92 Å². The van der Waals surface area contributed by atoms with Crippen molar-refractivity contribution in [3.8, 4) is 0 Å². The van der Waals surface area contributed by atoms with Gasteiger partial charge in [-0.25, -0.2) is 4.79 Å². The molecule has 5 heteroatoms. The van der Waals surface area contributed by atoms with E-state index in [2.05, 4.69) is 21.9 Å². The predicted octanol–water partition coefficient (Wildman–Crippen LogP) is -0.0166. The molecule has 1 aliphatic heterocycles. The number of hydrogen-bond acceptors (Lipinski definition) is 5. The highest BCUT2D eigenvalue weighted by Gasteiger charge is 2.12. The Bertz CT molecular complexity index is 237. The van der Waals surface area contributed by atoms with Crippen molar-refractivity contribution in [2.24, 2.45) is 0 Å². The molecule has 1 aliphatic rings. The molecule has 0 aromatic heterocycles. The molecule has 0 aliphatic carbocycles. The first-order valence-corrected chi connectivity index (χ1v) is 5.53. The summed E-state index contributed by atoms with van der Waals surface area (Å²) >= 11 is 0. The smallest absolute Gasteiger partial charge is 0.331 e. The third-order valence-electron chi connectivity index (χ3n) is 2.44. The van der Waals surface area contributed by atoms with E-state index in [1.807, 2.05) is 0 Å². The van der Waals surface area contributed by atoms with Gasteiger partial charge in [0.25, 0.3) is 0 Å². The predicted molar refractivity (Wildman–Crippen MR) is 61.0 cm³/mol. The van der Waals surface area contributed by atoms with Crippen LogP contribution in [0.2, 0.25) is 0 Å². The van der Waals surface area contributed by atoms with Crippen LogP contribution in [0.25, 0.3) is 0 Å². The Morgan fingerprint density at radius 1 is 1.56 bits per heavy atom. The summed E-state index contributed by atoms with van der Waals surface area (Å²) in [4.78, 5) is 13.1. The van der Waals surface area contributed by atoms with E-state index in [9.17, 15) is 4.79 Å². The van der Waals surface area contributed by atoms with Crippen LogP contribution in [0, 0.1) is 0 Å². The van der Waals surface area contributed by atoms with Crippen LogP contribution >= 0.6 is 0 Å². The maximum absolute atomic E-state index is 10.8. The molecule has 1 heterocycles. The van der Waals surface area contributed by atoms with Crippen LogP contribution < -0.4 is 5.32 Å². The van der Waals surface area contributed by atoms with Gasteiger partial charge in [0.2, 0.25) is 0 Å². The largest absolute Gasteiger partial charge is 0.466 e. The van der Waals surface area contributed by atoms with E-state index < -0.39 is 0 Å². The zero-order valence-electron chi connectivity index (χ0n) is 9.94. The van der Waals surface area contributed by atoms with Crippen LogP contribution in [0.4, 0.5) is 0 Å². The number of carbonyl (C=O) groups is 1. The standard InChI is InChI=1S/C11H20N2O3/c1-10(12-4-3-11(14)15-2)9-13-5-7-16-8-6-13/h3-4,10,12H,5-9H2,1-2H3/b4-3+. The van der Waals surface area contributed by atoms with Gasteiger partial charge >= 0.3 is 5.97 Å². The molecule has 0 spiro atoms. The first kappa shape index (κ1) is 13.0. The highest BCUT2D eigenvalue weighted by molar-refractivity contribution is 5.81. The van der Waals surface area contributed by atoms with Crippen LogP contribution in [0.15, 0.2) is 12.3 Å². The van der Waals surface area contributed by atoms with E-state index in [0.29, 0.717) is 6.04 Å². The lowest BCUT2D eigenvalue weighted by atomic mass is 10.3. The van der Waals surface area contributed by atoms with Crippen molar-refractivity contribution in [1.82, 2.24) is 10.2 Å². The third kappa shape index (κ3) is 5.14. The first-order chi connectivity index (χ1) is 7.72. The van der Waals surface area contributed by atoms with Crippen molar-refractivity contribution in [3.05, 3.63) is 12.3 Å². The summed E-state index contributed by atoms with van der Waals surface area (Å²) in [6, 6.07) is 0.305. The molecule has 0 bridgehead atoms. The highest BCUT2D eigenvalue weighted by atomic mass is 16.5. The monoisotopic (exact) mass is 228 g/mol. The fourth-order valence-electron chi connectivity index (χ4n) is 1.57. The van der Waals surface area contributed by atoms with E-state index in [1.54, 1.807) is 6.20 Å². The van der Waals surface area contributed by atoms with E-state index in [0.717, 1.165) is 32.8 Å². The van der Waals surface area contributed by atoms with Crippen LogP contribution in [-0.4, -0.2) is 56.9 Å². The normalized spacial score (nSPS) is 19.6. The summed E-state index contributed by atoms with van der Waals surface area (Å²) in [5, 5.41) is 3.13. The fraction of sp³-hybridized carbons (Fsp3) is 0.727. The molecule has 0 aromatic carbocycles. The SMILES string of the molecule is COC(=O)/C=C/NC(C)CN1CCOCC1. The molecule has 1 fully saturated rings. The van der Waals surface area contributed by atoms with E-state index >= 15 is 0 Å². The van der Waals surface area contributed by atoms with Gasteiger partial charge in [0.05, 0.1) is 20.3 Å². The first-order valence-electron chi connectivity index (χ1n) is 5.53. The summed E-state index contributed by atoms with van der Waals surface area (Å²) in [7, 11) is 1.36. The maximum atomic E-state index is 10.8. The molecular formula is C11H20N2O3. The number of hydrogen-bond donors (Lipinski definition) is 1. The number of ether oxygens (including phenoxy) is 2. The van der Waals surface area contributed by atoms with Crippen molar-refractivity contribution in [2.45, 2.75) is 13.0 Å². The summed E-state index contributed by atoms with van der Waals surface area (Å²) in [5.74, 6) is -0.342. The van der Waals surface area contributed by atoms with Crippen molar-refractivity contribution in [1.29, 1.82) is 0 Å². The lowest BCUT2D eigenvalue weighted by molar-refractivity contribution is -0.134. The van der Waals surface area contributed by atoms with E-state index in [1.165, 1.54) is 13.2 Å². The van der Waals surface area contributed by atoms with Gasteiger partial charge < -0.3 is 14.8 Å². The summed E-state index contributed by atoms with van der Waals surface area (Å²) in [6.07, 6.45) is 3.02. The molecule has 5 nitrogen and oxygen atoms in total. The van der Waals surface area contributed by atoms with Gasteiger partial charge in [0.1, 0.15) is 0 Å². The minimum absolute atomic E-state index is 0.305. The number of methoxy groups -OCH3 is 1. The second kappa shape index (κ2) is 7.24. The Morgan fingerprint density at radius 2 is 2.25 bits per heavy atom. The maximum Gasteiger partial charge on any atom is 0.331 e. The molecule has 0 radical (unpaired) electrons. The number of nitrogens with one attached hydrogen (secondary N) is 1. The summed E-state index contributed by atoms with van der Waals surface area (Å²) in [5.41, 5.74) is 0. The van der Waals surface area contributed by atoms with Crippen molar-refractivity contribution < 1.29 is 14.3 Å². The molecular weight excluding hydrogens is 208 g/mol. The lowest BCUT2D eigenvalue weighted by Crippen LogP contribution is -2.43. The quantitative estimate of drug-likeness (QED) is 0.529. The second-order valence-corrected chi connectivity index (χ2v) is 3.84. The number of carbonyl (C=O) groups excluding carboxylic acids is 1. The minimum atomic E-state index is -0.342. The van der Waals surface area contributed by atoms with Crippen LogP contribution in [0.1, 0.15) is 6.92 Å². The van der Waals surface area contributed by atoms with Gasteiger partial charge in [0.15, 0.2) is 0 Å². The van der Waals surface area contributed by atoms with Gasteiger partial charge in [-0.2, -0.15) is 0 Å². The number of rotatable bonds is 5. The topological polar surface area (TPSA) is 50.8 Å². The molecule has 1 N–H and O–H groups in total. The fourth-order valence-corrected chi connectivity index (χ4v) is 1.57. The Hall–Kier alpha value is -1.07. The van der Waals surface area contributed by atoms with Crippen LogP contribution in [0.5, 0.6) is 0 Å². The summed E-state index contributed by atoms with van der Waals surface area (Å²) < 4.78 is 9.76. The lowest BCUT2D eigenvalue weighted by Gasteiger charge is -2.29. The van der Waals surface area contributed by atoms with E-state index in [-0.39, 0.29) is 5.97 Å². The Balaban J connectivity index is 2.16. The Kier molecular flexibility index (Phi) is 5.88. The number of nitrogens with zero attached hydrogens (tertiary/aromatic N) is 1. The Labute approximate surface area is 96.4 Å². The van der Waals surface area contributed by atoms with Crippen LogP contribution in [0.3, 0.4) is 0 Å². The average Bonchev–Trinajstić information content (AvgIpc) is 2.30. The van der Waals surface area contributed by atoms with Gasteiger partial charge in [-0.3, -0.25) is 4.90 Å². The summed E-state index contributed by atoms with van der Waals surface area (Å²) in [6.45, 7) is 6.61. The minimum Gasteiger partial charge on any atom is -0.466 e. The molecule has 1 saturated heterocycles. The molecule has 1 atom stereocenters. The zero-order chi connectivity index (χ0) is 11.8. The highest BCUT2D eigenvalue weighted by Crippen LogP contribution is 1.98. The third-order valence-corrected chi connectivity index (χ3v) is 2.44. The van der Waals surface area contributed by atoms with Crippen molar-refractivity contribution in [3.63, 3.8) is 0 Å². The molecule has 1 unspecified atom stereocenters.